The fraction of sp³-hybridized carbons (Fsp3) is 0. The monoisotopic (exact) mass is 844 g/mol. The maximum Gasteiger partial charge on any atom is 0.136 e. The van der Waals surface area contributed by atoms with E-state index in [0.717, 1.165) is 99.5 Å². The quantitative estimate of drug-likeness (QED) is 0.153. The van der Waals surface area contributed by atoms with Crippen molar-refractivity contribution in [3.8, 4) is 22.3 Å². The number of para-hydroxylation sites is 2. The minimum Gasteiger partial charge on any atom is -0.456 e. The summed E-state index contributed by atoms with van der Waals surface area (Å²) in [6.45, 7) is 0. The third-order valence-electron chi connectivity index (χ3n) is 13.0. The van der Waals surface area contributed by atoms with Gasteiger partial charge >= 0.3 is 0 Å². The van der Waals surface area contributed by atoms with Crippen molar-refractivity contribution >= 4 is 99.5 Å². The van der Waals surface area contributed by atoms with E-state index in [1.54, 1.807) is 0 Å². The Morgan fingerprint density at radius 1 is 0.227 bits per heavy atom. The van der Waals surface area contributed by atoms with Crippen LogP contribution < -0.4 is 9.80 Å². The Morgan fingerprint density at radius 2 is 0.561 bits per heavy atom. The Morgan fingerprint density at radius 3 is 0.955 bits per heavy atom. The van der Waals surface area contributed by atoms with Gasteiger partial charge in [-0.2, -0.15) is 0 Å². The maximum absolute atomic E-state index is 6.70. The molecule has 0 saturated carbocycles. The molecule has 0 aliphatic heterocycles. The van der Waals surface area contributed by atoms with Crippen molar-refractivity contribution in [1.82, 2.24) is 0 Å². The SMILES string of the molecule is c1ccc(-c2ccc(N(c3ccccc3)c3ccc4cc5c(cc4c3)oc3ccc4oc6cc7cc(N(c8ccccc8)c8ccc(-c9ccccc9)cc8)ccc7cc6c4c35)cc2)cc1. The Balaban J connectivity index is 0.894. The fourth-order valence-corrected chi connectivity index (χ4v) is 9.79. The molecule has 0 amide bonds. The molecule has 0 N–H and O–H groups in total. The van der Waals surface area contributed by atoms with E-state index >= 15 is 0 Å². The third kappa shape index (κ3) is 6.46. The van der Waals surface area contributed by atoms with Gasteiger partial charge in [-0.1, -0.05) is 133 Å². The van der Waals surface area contributed by atoms with E-state index in [-0.39, 0.29) is 0 Å². The van der Waals surface area contributed by atoms with E-state index in [1.807, 2.05) is 12.1 Å². The number of fused-ring (bicyclic) bond motifs is 9. The maximum atomic E-state index is 6.70. The zero-order valence-corrected chi connectivity index (χ0v) is 35.8. The van der Waals surface area contributed by atoms with E-state index < -0.39 is 0 Å². The predicted octanol–water partition coefficient (Wildman–Crippen LogP) is 18.1. The number of nitrogens with zero attached hydrogens (tertiary/aromatic N) is 2. The van der Waals surface area contributed by atoms with Crippen molar-refractivity contribution in [2.45, 2.75) is 0 Å². The lowest BCUT2D eigenvalue weighted by molar-refractivity contribution is 0.663. The van der Waals surface area contributed by atoms with E-state index in [2.05, 4.69) is 240 Å². The molecule has 0 atom stereocenters. The van der Waals surface area contributed by atoms with Crippen LogP contribution in [0.1, 0.15) is 0 Å². The molecule has 2 heterocycles. The van der Waals surface area contributed by atoms with Crippen LogP contribution in [0.25, 0.3) is 87.7 Å². The molecule has 0 aliphatic carbocycles. The van der Waals surface area contributed by atoms with Crippen LogP contribution in [0.2, 0.25) is 0 Å². The summed E-state index contributed by atoms with van der Waals surface area (Å²) in [5, 5.41) is 8.78. The molecule has 0 bridgehead atoms. The van der Waals surface area contributed by atoms with Gasteiger partial charge in [0.05, 0.1) is 0 Å². The summed E-state index contributed by atoms with van der Waals surface area (Å²) in [6.07, 6.45) is 0. The van der Waals surface area contributed by atoms with Crippen LogP contribution in [0, 0.1) is 0 Å². The molecule has 0 spiro atoms. The third-order valence-corrected chi connectivity index (χ3v) is 13.0. The second-order valence-electron chi connectivity index (χ2n) is 16.9. The molecule has 310 valence electrons. The Labute approximate surface area is 381 Å². The normalized spacial score (nSPS) is 11.6. The predicted molar refractivity (Wildman–Crippen MR) is 276 cm³/mol. The van der Waals surface area contributed by atoms with Crippen molar-refractivity contribution < 1.29 is 8.83 Å². The van der Waals surface area contributed by atoms with Crippen molar-refractivity contribution in [3.63, 3.8) is 0 Å². The van der Waals surface area contributed by atoms with Gasteiger partial charge in [-0.3, -0.25) is 0 Å². The topological polar surface area (TPSA) is 32.8 Å². The van der Waals surface area contributed by atoms with Gasteiger partial charge in [0.1, 0.15) is 22.3 Å². The van der Waals surface area contributed by atoms with Crippen LogP contribution >= 0.6 is 0 Å². The molecular formula is C62H40N2O2. The number of anilines is 6. The molecule has 66 heavy (non-hydrogen) atoms. The largest absolute Gasteiger partial charge is 0.456 e. The number of hydrogen-bond acceptors (Lipinski definition) is 4. The van der Waals surface area contributed by atoms with Gasteiger partial charge in [0, 0.05) is 55.7 Å². The van der Waals surface area contributed by atoms with Crippen LogP contribution in [0.3, 0.4) is 0 Å². The molecule has 0 unspecified atom stereocenters. The summed E-state index contributed by atoms with van der Waals surface area (Å²) < 4.78 is 13.4. The second-order valence-corrected chi connectivity index (χ2v) is 16.9. The van der Waals surface area contributed by atoms with Gasteiger partial charge < -0.3 is 18.6 Å². The molecule has 11 aromatic carbocycles. The number of furan rings is 2. The van der Waals surface area contributed by atoms with Crippen molar-refractivity contribution in [2.75, 3.05) is 9.80 Å². The van der Waals surface area contributed by atoms with Crippen LogP contribution in [0.4, 0.5) is 34.1 Å². The Bertz CT molecular complexity index is 3640. The smallest absolute Gasteiger partial charge is 0.136 e. The average Bonchev–Trinajstić information content (AvgIpc) is 3.93. The molecule has 0 saturated heterocycles. The summed E-state index contributed by atoms with van der Waals surface area (Å²) in [6, 6.07) is 86.2. The van der Waals surface area contributed by atoms with E-state index in [9.17, 15) is 0 Å². The highest BCUT2D eigenvalue weighted by molar-refractivity contribution is 6.28. The van der Waals surface area contributed by atoms with Gasteiger partial charge in [-0.05, 0) is 153 Å². The van der Waals surface area contributed by atoms with Gasteiger partial charge in [0.2, 0.25) is 0 Å². The molecule has 0 fully saturated rings. The van der Waals surface area contributed by atoms with E-state index in [0.29, 0.717) is 0 Å². The first-order valence-corrected chi connectivity index (χ1v) is 22.4. The van der Waals surface area contributed by atoms with Crippen LogP contribution in [0.15, 0.2) is 251 Å². The molecule has 0 radical (unpaired) electrons. The van der Waals surface area contributed by atoms with Gasteiger partial charge in [-0.25, -0.2) is 0 Å². The highest BCUT2D eigenvalue weighted by atomic mass is 16.3. The van der Waals surface area contributed by atoms with Crippen LogP contribution in [-0.4, -0.2) is 0 Å². The standard InChI is InChI=1S/C62H40N2O2/c1-5-13-41(14-6-1)43-21-27-51(28-22-43)63(49-17-9-3-10-18-49)53-31-25-45-37-55-59(39-47(45)35-53)65-57-33-34-58-62(61(55)57)56-38-46-26-32-54(36-48(46)40-60(56)66-58)64(50-19-11-4-12-20-50)52-29-23-44(24-30-52)42-15-7-2-8-16-42/h1-40H. The molecule has 2 aromatic heterocycles. The molecule has 13 aromatic rings. The summed E-state index contributed by atoms with van der Waals surface area (Å²) in [5.74, 6) is 0. The second kappa shape index (κ2) is 15.4. The molecule has 0 aliphatic rings. The first-order chi connectivity index (χ1) is 32.7. The molecule has 4 nitrogen and oxygen atoms in total. The summed E-state index contributed by atoms with van der Waals surface area (Å²) in [7, 11) is 0. The molecule has 13 rings (SSSR count). The highest BCUT2D eigenvalue weighted by Crippen LogP contribution is 2.45. The lowest BCUT2D eigenvalue weighted by atomic mass is 10.00. The van der Waals surface area contributed by atoms with Gasteiger partial charge in [0.25, 0.3) is 0 Å². The first-order valence-electron chi connectivity index (χ1n) is 22.4. The Hall–Kier alpha value is -8.86. The van der Waals surface area contributed by atoms with Crippen molar-refractivity contribution in [1.29, 1.82) is 0 Å². The van der Waals surface area contributed by atoms with Crippen molar-refractivity contribution in [2.24, 2.45) is 0 Å². The van der Waals surface area contributed by atoms with E-state index in [4.69, 9.17) is 8.83 Å². The summed E-state index contributed by atoms with van der Waals surface area (Å²) in [4.78, 5) is 4.63. The molecule has 4 heteroatoms. The minimum atomic E-state index is 0.840. The summed E-state index contributed by atoms with van der Waals surface area (Å²) in [5.41, 5.74) is 14.7. The number of hydrogen-bond donors (Lipinski definition) is 0. The van der Waals surface area contributed by atoms with E-state index in [1.165, 1.54) is 22.3 Å². The first kappa shape index (κ1) is 37.7. The minimum absolute atomic E-state index is 0.840. The lowest BCUT2D eigenvalue weighted by Crippen LogP contribution is -2.09. The average molecular weight is 845 g/mol. The number of rotatable bonds is 8. The number of benzene rings is 11. The zero-order valence-electron chi connectivity index (χ0n) is 35.8. The van der Waals surface area contributed by atoms with Crippen molar-refractivity contribution in [3.05, 3.63) is 243 Å². The zero-order chi connectivity index (χ0) is 43.6. The van der Waals surface area contributed by atoms with Gasteiger partial charge in [-0.15, -0.1) is 0 Å². The summed E-state index contributed by atoms with van der Waals surface area (Å²) >= 11 is 0. The Kier molecular flexibility index (Phi) is 8.81. The molecular weight excluding hydrogens is 805 g/mol. The lowest BCUT2D eigenvalue weighted by Gasteiger charge is -2.26. The van der Waals surface area contributed by atoms with Gasteiger partial charge in [0.15, 0.2) is 0 Å². The van der Waals surface area contributed by atoms with Crippen LogP contribution in [-0.2, 0) is 0 Å². The highest BCUT2D eigenvalue weighted by Gasteiger charge is 2.20. The fourth-order valence-electron chi connectivity index (χ4n) is 9.79. The van der Waals surface area contributed by atoms with Crippen LogP contribution in [0.5, 0.6) is 0 Å².